The maximum atomic E-state index is 4.97. The summed E-state index contributed by atoms with van der Waals surface area (Å²) in [4.78, 5) is 8.45. The minimum atomic E-state index is 0.718. The van der Waals surface area contributed by atoms with E-state index in [0.717, 1.165) is 37.6 Å². The van der Waals surface area contributed by atoms with Crippen molar-refractivity contribution in [2.24, 2.45) is 7.05 Å². The van der Waals surface area contributed by atoms with E-state index < -0.39 is 0 Å². The number of nitrogens with one attached hydrogen (secondary N) is 1. The standard InChI is InChI=1S/C12H19N5O/c1-16-9-14-6-12(16)8-17-7-11(15-10-17)5-13-3-4-18-2/h6-7,9-10,13H,3-5,8H2,1-2H3. The van der Waals surface area contributed by atoms with Crippen LogP contribution < -0.4 is 5.32 Å². The summed E-state index contributed by atoms with van der Waals surface area (Å²) < 4.78 is 9.04. The number of hydrogen-bond acceptors (Lipinski definition) is 4. The molecule has 18 heavy (non-hydrogen) atoms. The van der Waals surface area contributed by atoms with Crippen LogP contribution >= 0.6 is 0 Å². The van der Waals surface area contributed by atoms with Crippen LogP contribution in [0.15, 0.2) is 25.0 Å². The smallest absolute Gasteiger partial charge is 0.0953 e. The van der Waals surface area contributed by atoms with Gasteiger partial charge in [0.2, 0.25) is 0 Å². The number of hydrogen-bond donors (Lipinski definition) is 1. The summed E-state index contributed by atoms with van der Waals surface area (Å²) >= 11 is 0. The first kappa shape index (κ1) is 12.8. The lowest BCUT2D eigenvalue weighted by molar-refractivity contribution is 0.199. The molecule has 0 unspecified atom stereocenters. The number of aromatic nitrogens is 4. The van der Waals surface area contributed by atoms with Crippen LogP contribution in [0, 0.1) is 0 Å². The molecule has 2 aromatic heterocycles. The van der Waals surface area contributed by atoms with Gasteiger partial charge in [0.15, 0.2) is 0 Å². The molecule has 98 valence electrons. The number of rotatable bonds is 7. The average Bonchev–Trinajstić information content (AvgIpc) is 2.96. The zero-order valence-electron chi connectivity index (χ0n) is 10.8. The quantitative estimate of drug-likeness (QED) is 0.722. The van der Waals surface area contributed by atoms with Gasteiger partial charge >= 0.3 is 0 Å². The minimum absolute atomic E-state index is 0.718. The molecule has 1 N–H and O–H groups in total. The third kappa shape index (κ3) is 3.41. The molecule has 0 bridgehead atoms. The molecule has 0 amide bonds. The van der Waals surface area contributed by atoms with Crippen molar-refractivity contribution in [3.63, 3.8) is 0 Å². The Morgan fingerprint density at radius 1 is 1.39 bits per heavy atom. The third-order valence-corrected chi connectivity index (χ3v) is 2.74. The van der Waals surface area contributed by atoms with E-state index in [2.05, 4.69) is 19.9 Å². The molecular weight excluding hydrogens is 230 g/mol. The van der Waals surface area contributed by atoms with Gasteiger partial charge in [-0.2, -0.15) is 0 Å². The van der Waals surface area contributed by atoms with E-state index in [4.69, 9.17) is 4.74 Å². The molecule has 0 spiro atoms. The topological polar surface area (TPSA) is 56.9 Å². The van der Waals surface area contributed by atoms with Crippen molar-refractivity contribution in [3.05, 3.63) is 36.4 Å². The fourth-order valence-electron chi connectivity index (χ4n) is 1.70. The van der Waals surface area contributed by atoms with Gasteiger partial charge in [0.05, 0.1) is 37.2 Å². The monoisotopic (exact) mass is 249 g/mol. The van der Waals surface area contributed by atoms with E-state index in [0.29, 0.717) is 0 Å². The lowest BCUT2D eigenvalue weighted by atomic mass is 10.4. The summed E-state index contributed by atoms with van der Waals surface area (Å²) in [6.45, 7) is 3.12. The normalized spacial score (nSPS) is 11.0. The second kappa shape index (κ2) is 6.32. The van der Waals surface area contributed by atoms with Crippen LogP contribution in [0.3, 0.4) is 0 Å². The molecule has 2 rings (SSSR count). The predicted molar refractivity (Wildman–Crippen MR) is 68.1 cm³/mol. The summed E-state index contributed by atoms with van der Waals surface area (Å²) in [5.74, 6) is 0. The second-order valence-corrected chi connectivity index (χ2v) is 4.20. The Balaban J connectivity index is 1.84. The molecule has 6 heteroatoms. The highest BCUT2D eigenvalue weighted by molar-refractivity contribution is 5.02. The van der Waals surface area contributed by atoms with Gasteiger partial charge < -0.3 is 19.2 Å². The molecule has 0 saturated heterocycles. The molecule has 0 aromatic carbocycles. The van der Waals surface area contributed by atoms with E-state index in [-0.39, 0.29) is 0 Å². The summed E-state index contributed by atoms with van der Waals surface area (Å²) in [6, 6.07) is 0. The maximum Gasteiger partial charge on any atom is 0.0953 e. The molecule has 6 nitrogen and oxygen atoms in total. The highest BCUT2D eigenvalue weighted by Crippen LogP contribution is 2.02. The van der Waals surface area contributed by atoms with E-state index in [1.54, 1.807) is 13.4 Å². The predicted octanol–water partition coefficient (Wildman–Crippen LogP) is 0.401. The fraction of sp³-hybridized carbons (Fsp3) is 0.500. The van der Waals surface area contributed by atoms with Crippen molar-refractivity contribution in [1.29, 1.82) is 0 Å². The van der Waals surface area contributed by atoms with Crippen molar-refractivity contribution < 1.29 is 4.74 Å². The first-order valence-electron chi connectivity index (χ1n) is 5.95. The van der Waals surface area contributed by atoms with Crippen LogP contribution in [0.25, 0.3) is 0 Å². The maximum absolute atomic E-state index is 4.97. The highest BCUT2D eigenvalue weighted by atomic mass is 16.5. The Morgan fingerprint density at radius 2 is 2.28 bits per heavy atom. The van der Waals surface area contributed by atoms with Crippen LogP contribution in [0.5, 0.6) is 0 Å². The largest absolute Gasteiger partial charge is 0.383 e. The van der Waals surface area contributed by atoms with Gasteiger partial charge in [-0.15, -0.1) is 0 Å². The lowest BCUT2D eigenvalue weighted by Crippen LogP contribution is -2.18. The van der Waals surface area contributed by atoms with Crippen molar-refractivity contribution in [2.75, 3.05) is 20.3 Å². The van der Waals surface area contributed by atoms with Gasteiger partial charge in [0, 0.05) is 39.6 Å². The second-order valence-electron chi connectivity index (χ2n) is 4.20. The van der Waals surface area contributed by atoms with Crippen LogP contribution in [-0.4, -0.2) is 39.4 Å². The van der Waals surface area contributed by atoms with Crippen molar-refractivity contribution in [3.8, 4) is 0 Å². The zero-order valence-corrected chi connectivity index (χ0v) is 10.8. The van der Waals surface area contributed by atoms with Gasteiger partial charge in [0.1, 0.15) is 0 Å². The third-order valence-electron chi connectivity index (χ3n) is 2.74. The van der Waals surface area contributed by atoms with E-state index >= 15 is 0 Å². The summed E-state index contributed by atoms with van der Waals surface area (Å²) in [5, 5.41) is 3.27. The van der Waals surface area contributed by atoms with Crippen molar-refractivity contribution in [1.82, 2.24) is 24.4 Å². The number of nitrogens with zero attached hydrogens (tertiary/aromatic N) is 4. The number of methoxy groups -OCH3 is 1. The molecule has 0 saturated carbocycles. The highest BCUT2D eigenvalue weighted by Gasteiger charge is 2.02. The molecule has 0 aliphatic heterocycles. The zero-order chi connectivity index (χ0) is 12.8. The Hall–Kier alpha value is -1.66. The Bertz CT molecular complexity index is 476. The first-order valence-corrected chi connectivity index (χ1v) is 5.95. The average molecular weight is 249 g/mol. The van der Waals surface area contributed by atoms with Gasteiger partial charge in [-0.1, -0.05) is 0 Å². The Labute approximate surface area is 107 Å². The lowest BCUT2D eigenvalue weighted by Gasteiger charge is -2.03. The van der Waals surface area contributed by atoms with Crippen LogP contribution in [0.2, 0.25) is 0 Å². The van der Waals surface area contributed by atoms with Gasteiger partial charge in [-0.3, -0.25) is 0 Å². The van der Waals surface area contributed by atoms with Crippen LogP contribution in [0.1, 0.15) is 11.4 Å². The van der Waals surface area contributed by atoms with Crippen LogP contribution in [0.4, 0.5) is 0 Å². The number of ether oxygens (including phenoxy) is 1. The fourth-order valence-corrected chi connectivity index (χ4v) is 1.70. The Morgan fingerprint density at radius 3 is 3.00 bits per heavy atom. The van der Waals surface area contributed by atoms with E-state index in [1.165, 1.54) is 0 Å². The van der Waals surface area contributed by atoms with Gasteiger partial charge in [-0.05, 0) is 0 Å². The Kier molecular flexibility index (Phi) is 4.49. The first-order chi connectivity index (χ1) is 8.79. The number of imidazole rings is 2. The summed E-state index contributed by atoms with van der Waals surface area (Å²) in [7, 11) is 3.69. The van der Waals surface area contributed by atoms with E-state index in [1.807, 2.05) is 30.3 Å². The molecule has 0 fully saturated rings. The molecular formula is C12H19N5O. The summed E-state index contributed by atoms with van der Waals surface area (Å²) in [6.07, 6.45) is 7.57. The molecule has 0 aliphatic carbocycles. The molecule has 2 aromatic rings. The molecule has 0 atom stereocenters. The molecule has 0 radical (unpaired) electrons. The molecule has 2 heterocycles. The van der Waals surface area contributed by atoms with Crippen LogP contribution in [-0.2, 0) is 24.9 Å². The minimum Gasteiger partial charge on any atom is -0.383 e. The van der Waals surface area contributed by atoms with Crippen molar-refractivity contribution in [2.45, 2.75) is 13.1 Å². The van der Waals surface area contributed by atoms with Gasteiger partial charge in [-0.25, -0.2) is 9.97 Å². The van der Waals surface area contributed by atoms with Crippen molar-refractivity contribution >= 4 is 0 Å². The number of aryl methyl sites for hydroxylation is 1. The van der Waals surface area contributed by atoms with E-state index in [9.17, 15) is 0 Å². The molecule has 0 aliphatic rings. The SMILES string of the molecule is COCCNCc1cn(Cc2cncn2C)cn1. The summed E-state index contributed by atoms with van der Waals surface area (Å²) in [5.41, 5.74) is 2.19. The van der Waals surface area contributed by atoms with Gasteiger partial charge in [0.25, 0.3) is 0 Å².